The number of anilines is 1. The zero-order chi connectivity index (χ0) is 14.5. The van der Waals surface area contributed by atoms with Crippen molar-refractivity contribution in [2.45, 2.75) is 6.42 Å². The smallest absolute Gasteiger partial charge is 0.143 e. The number of hydrogen-bond acceptors (Lipinski definition) is 3. The molecule has 0 unspecified atom stereocenters. The van der Waals surface area contributed by atoms with Crippen molar-refractivity contribution in [1.29, 1.82) is 0 Å². The fraction of sp³-hybridized carbons (Fsp3) is 0.412. The summed E-state index contributed by atoms with van der Waals surface area (Å²) in [5, 5.41) is 5.79. The molecule has 1 aliphatic rings. The summed E-state index contributed by atoms with van der Waals surface area (Å²) in [6, 6.07) is 12.4. The van der Waals surface area contributed by atoms with Gasteiger partial charge in [-0.2, -0.15) is 0 Å². The Morgan fingerprint density at radius 3 is 2.71 bits per heavy atom. The van der Waals surface area contributed by atoms with Gasteiger partial charge in [0.1, 0.15) is 5.75 Å². The maximum absolute atomic E-state index is 12.3. The Morgan fingerprint density at radius 1 is 1.10 bits per heavy atom. The van der Waals surface area contributed by atoms with E-state index in [0.29, 0.717) is 13.0 Å². The van der Waals surface area contributed by atoms with Gasteiger partial charge in [-0.1, -0.05) is 30.3 Å². The predicted molar refractivity (Wildman–Crippen MR) is 85.1 cm³/mol. The highest BCUT2D eigenvalue weighted by Crippen LogP contribution is 2.36. The molecule has 112 valence electrons. The summed E-state index contributed by atoms with van der Waals surface area (Å²) < 4.78 is 18.1. The third-order valence-electron chi connectivity index (χ3n) is 3.83. The van der Waals surface area contributed by atoms with Gasteiger partial charge in [-0.15, -0.1) is 0 Å². The highest BCUT2D eigenvalue weighted by molar-refractivity contribution is 5.97. The van der Waals surface area contributed by atoms with E-state index in [1.54, 1.807) is 0 Å². The molecule has 0 atom stereocenters. The van der Waals surface area contributed by atoms with Crippen molar-refractivity contribution in [3.05, 3.63) is 36.4 Å². The van der Waals surface area contributed by atoms with Crippen LogP contribution in [-0.2, 0) is 0 Å². The molecule has 1 N–H and O–H groups in total. The fourth-order valence-corrected chi connectivity index (χ4v) is 2.80. The average Bonchev–Trinajstić information content (AvgIpc) is 2.55. The van der Waals surface area contributed by atoms with Gasteiger partial charge in [0.25, 0.3) is 0 Å². The first-order valence-electron chi connectivity index (χ1n) is 7.56. The van der Waals surface area contributed by atoms with E-state index in [0.717, 1.165) is 37.6 Å². The molecule has 0 bridgehead atoms. The van der Waals surface area contributed by atoms with E-state index in [4.69, 9.17) is 4.74 Å². The van der Waals surface area contributed by atoms with Gasteiger partial charge < -0.3 is 15.0 Å². The van der Waals surface area contributed by atoms with E-state index in [9.17, 15) is 4.39 Å². The Labute approximate surface area is 124 Å². The molecule has 3 nitrogen and oxygen atoms in total. The van der Waals surface area contributed by atoms with Crippen LogP contribution in [0, 0.1) is 0 Å². The molecule has 4 heteroatoms. The summed E-state index contributed by atoms with van der Waals surface area (Å²) in [5.41, 5.74) is 1.15. The van der Waals surface area contributed by atoms with Crippen molar-refractivity contribution in [1.82, 2.24) is 5.32 Å². The lowest BCUT2D eigenvalue weighted by atomic mass is 10.1. The van der Waals surface area contributed by atoms with Crippen molar-refractivity contribution >= 4 is 16.5 Å². The molecule has 2 aromatic carbocycles. The lowest BCUT2D eigenvalue weighted by molar-refractivity contribution is 0.290. The topological polar surface area (TPSA) is 24.5 Å². The standard InChI is InChI=1S/C17H21FN2O/c18-8-3-13-21-16-7-6-14-4-1-2-5-15(14)17(16)20-11-9-19-10-12-20/h1-2,4-7,19H,3,8-13H2. The number of nitrogens with one attached hydrogen (secondary N) is 1. The summed E-state index contributed by atoms with van der Waals surface area (Å²) in [6.07, 6.45) is 0.438. The van der Waals surface area contributed by atoms with Crippen LogP contribution in [0.2, 0.25) is 0 Å². The zero-order valence-corrected chi connectivity index (χ0v) is 12.1. The second-order valence-corrected chi connectivity index (χ2v) is 5.26. The molecule has 0 aromatic heterocycles. The summed E-state index contributed by atoms with van der Waals surface area (Å²) in [5.74, 6) is 0.865. The number of alkyl halides is 1. The number of rotatable bonds is 5. The molecule has 0 amide bonds. The molecule has 0 saturated carbocycles. The summed E-state index contributed by atoms with van der Waals surface area (Å²) in [4.78, 5) is 2.36. The van der Waals surface area contributed by atoms with Gasteiger partial charge in [-0.05, 0) is 11.5 Å². The third-order valence-corrected chi connectivity index (χ3v) is 3.83. The number of piperazine rings is 1. The number of halogens is 1. The number of ether oxygens (including phenoxy) is 1. The number of hydrogen-bond donors (Lipinski definition) is 1. The van der Waals surface area contributed by atoms with E-state index in [-0.39, 0.29) is 6.67 Å². The van der Waals surface area contributed by atoms with Crippen LogP contribution in [0.15, 0.2) is 36.4 Å². The quantitative estimate of drug-likeness (QED) is 0.856. The van der Waals surface area contributed by atoms with Gasteiger partial charge in [0, 0.05) is 38.0 Å². The normalized spacial score (nSPS) is 15.4. The van der Waals surface area contributed by atoms with Crippen molar-refractivity contribution in [3.63, 3.8) is 0 Å². The lowest BCUT2D eigenvalue weighted by Gasteiger charge is -2.32. The largest absolute Gasteiger partial charge is 0.491 e. The van der Waals surface area contributed by atoms with Gasteiger partial charge in [-0.3, -0.25) is 4.39 Å². The highest BCUT2D eigenvalue weighted by atomic mass is 19.1. The van der Waals surface area contributed by atoms with Crippen LogP contribution in [0.1, 0.15) is 6.42 Å². The SMILES string of the molecule is FCCCOc1ccc2ccccc2c1N1CCNCC1. The second kappa shape index (κ2) is 6.76. The van der Waals surface area contributed by atoms with Crippen molar-refractivity contribution in [2.75, 3.05) is 44.4 Å². The Bertz CT molecular complexity index is 596. The Balaban J connectivity index is 1.99. The van der Waals surface area contributed by atoms with E-state index in [2.05, 4.69) is 34.5 Å². The van der Waals surface area contributed by atoms with Crippen LogP contribution < -0.4 is 15.0 Å². The van der Waals surface area contributed by atoms with Crippen molar-refractivity contribution in [2.24, 2.45) is 0 Å². The van der Waals surface area contributed by atoms with Gasteiger partial charge in [-0.25, -0.2) is 0 Å². The first-order valence-corrected chi connectivity index (χ1v) is 7.56. The molecule has 3 rings (SSSR count). The van der Waals surface area contributed by atoms with Gasteiger partial charge in [0.2, 0.25) is 0 Å². The van der Waals surface area contributed by atoms with Gasteiger partial charge in [0.05, 0.1) is 19.0 Å². The van der Waals surface area contributed by atoms with E-state index >= 15 is 0 Å². The van der Waals surface area contributed by atoms with Crippen molar-refractivity contribution < 1.29 is 9.13 Å². The minimum absolute atomic E-state index is 0.337. The molecule has 1 fully saturated rings. The second-order valence-electron chi connectivity index (χ2n) is 5.26. The van der Waals surface area contributed by atoms with Crippen LogP contribution in [-0.4, -0.2) is 39.5 Å². The average molecular weight is 288 g/mol. The maximum Gasteiger partial charge on any atom is 0.143 e. The Morgan fingerprint density at radius 2 is 1.90 bits per heavy atom. The molecule has 0 spiro atoms. The third kappa shape index (κ3) is 3.10. The maximum atomic E-state index is 12.3. The van der Waals surface area contributed by atoms with E-state index < -0.39 is 0 Å². The molecule has 1 saturated heterocycles. The van der Waals surface area contributed by atoms with Crippen LogP contribution in [0.5, 0.6) is 5.75 Å². The molecular formula is C17H21FN2O. The van der Waals surface area contributed by atoms with Crippen molar-refractivity contribution in [3.8, 4) is 5.75 Å². The first-order chi connectivity index (χ1) is 10.4. The fourth-order valence-electron chi connectivity index (χ4n) is 2.80. The minimum atomic E-state index is -0.337. The molecule has 1 heterocycles. The highest BCUT2D eigenvalue weighted by Gasteiger charge is 2.18. The predicted octanol–water partition coefficient (Wildman–Crippen LogP) is 2.99. The molecule has 2 aromatic rings. The summed E-state index contributed by atoms with van der Waals surface area (Å²) in [7, 11) is 0. The minimum Gasteiger partial charge on any atom is -0.491 e. The summed E-state index contributed by atoms with van der Waals surface area (Å²) in [6.45, 7) is 3.98. The van der Waals surface area contributed by atoms with Crippen LogP contribution in [0.4, 0.5) is 10.1 Å². The Kier molecular flexibility index (Phi) is 4.55. The molecule has 21 heavy (non-hydrogen) atoms. The lowest BCUT2D eigenvalue weighted by Crippen LogP contribution is -2.43. The first kappa shape index (κ1) is 14.1. The molecule has 0 radical (unpaired) electrons. The number of nitrogens with zero attached hydrogens (tertiary/aromatic N) is 1. The van der Waals surface area contributed by atoms with Crippen LogP contribution >= 0.6 is 0 Å². The van der Waals surface area contributed by atoms with Gasteiger partial charge in [0.15, 0.2) is 0 Å². The van der Waals surface area contributed by atoms with Gasteiger partial charge >= 0.3 is 0 Å². The molecular weight excluding hydrogens is 267 g/mol. The van der Waals surface area contributed by atoms with E-state index in [1.807, 2.05) is 12.1 Å². The van der Waals surface area contributed by atoms with Crippen LogP contribution in [0.25, 0.3) is 10.8 Å². The molecule has 0 aliphatic carbocycles. The number of fused-ring (bicyclic) bond motifs is 1. The zero-order valence-electron chi connectivity index (χ0n) is 12.1. The number of benzene rings is 2. The monoisotopic (exact) mass is 288 g/mol. The van der Waals surface area contributed by atoms with E-state index in [1.165, 1.54) is 10.8 Å². The Hall–Kier alpha value is -1.81. The summed E-state index contributed by atoms with van der Waals surface area (Å²) >= 11 is 0. The molecule has 1 aliphatic heterocycles. The van der Waals surface area contributed by atoms with Crippen LogP contribution in [0.3, 0.4) is 0 Å².